The van der Waals surface area contributed by atoms with Crippen LogP contribution in [0.5, 0.6) is 0 Å². The Morgan fingerprint density at radius 1 is 1.37 bits per heavy atom. The Labute approximate surface area is 119 Å². The Morgan fingerprint density at radius 3 is 2.63 bits per heavy atom. The third kappa shape index (κ3) is 4.76. The first-order valence-electron chi connectivity index (χ1n) is 6.50. The molecule has 0 aliphatic heterocycles. The van der Waals surface area contributed by atoms with Crippen LogP contribution >= 0.6 is 11.8 Å². The minimum atomic E-state index is -0.947. The van der Waals surface area contributed by atoms with Gasteiger partial charge in [-0.1, -0.05) is 26.0 Å². The molecular weight excluding hydrogens is 260 g/mol. The minimum absolute atomic E-state index is 0.248. The van der Waals surface area contributed by atoms with Gasteiger partial charge in [0.05, 0.1) is 5.56 Å². The van der Waals surface area contributed by atoms with E-state index in [1.54, 1.807) is 17.8 Å². The zero-order valence-corrected chi connectivity index (χ0v) is 12.4. The van der Waals surface area contributed by atoms with Crippen LogP contribution in [0.25, 0.3) is 0 Å². The molecule has 0 radical (unpaired) electrons. The zero-order valence-electron chi connectivity index (χ0n) is 11.6. The molecule has 1 aromatic rings. The number of hydrogen-bond donors (Lipinski definition) is 2. The molecule has 0 atom stereocenters. The average Bonchev–Trinajstić information content (AvgIpc) is 2.38. The standard InChI is InChI=1S/C14H22N2O2S/c1-3-16(4-2)8-9-19-10-11-6-5-7-12(15)13(11)14(17)18/h5-7H,3-4,8-10,15H2,1-2H3,(H,17,18). The highest BCUT2D eigenvalue weighted by atomic mass is 32.2. The molecule has 0 amide bonds. The second-order valence-electron chi connectivity index (χ2n) is 4.27. The minimum Gasteiger partial charge on any atom is -0.478 e. The lowest BCUT2D eigenvalue weighted by Crippen LogP contribution is -2.25. The van der Waals surface area contributed by atoms with Gasteiger partial charge in [0.2, 0.25) is 0 Å². The molecule has 5 heteroatoms. The Bertz CT molecular complexity index is 420. The molecular formula is C14H22N2O2S. The van der Waals surface area contributed by atoms with Gasteiger partial charge in [0, 0.05) is 23.7 Å². The maximum Gasteiger partial charge on any atom is 0.338 e. The molecule has 0 saturated carbocycles. The van der Waals surface area contributed by atoms with Crippen molar-refractivity contribution in [1.82, 2.24) is 4.90 Å². The number of aromatic carboxylic acids is 1. The monoisotopic (exact) mass is 282 g/mol. The normalized spacial score (nSPS) is 10.9. The van der Waals surface area contributed by atoms with Gasteiger partial charge in [-0.25, -0.2) is 4.79 Å². The van der Waals surface area contributed by atoms with Gasteiger partial charge in [0.25, 0.3) is 0 Å². The van der Waals surface area contributed by atoms with Crippen LogP contribution in [0, 0.1) is 0 Å². The van der Waals surface area contributed by atoms with Crippen LogP contribution in [0.4, 0.5) is 5.69 Å². The van der Waals surface area contributed by atoms with Gasteiger partial charge in [0.1, 0.15) is 0 Å². The molecule has 0 unspecified atom stereocenters. The summed E-state index contributed by atoms with van der Waals surface area (Å²) >= 11 is 1.75. The van der Waals surface area contributed by atoms with Crippen LogP contribution in [-0.2, 0) is 5.75 Å². The first-order valence-corrected chi connectivity index (χ1v) is 7.66. The number of benzene rings is 1. The van der Waals surface area contributed by atoms with Gasteiger partial charge < -0.3 is 15.7 Å². The summed E-state index contributed by atoms with van der Waals surface area (Å²) in [6.07, 6.45) is 0. The molecule has 0 heterocycles. The molecule has 0 fully saturated rings. The summed E-state index contributed by atoms with van der Waals surface area (Å²) in [4.78, 5) is 13.5. The number of hydrogen-bond acceptors (Lipinski definition) is 4. The van der Waals surface area contributed by atoms with Gasteiger partial charge in [-0.15, -0.1) is 0 Å². The number of nitrogens with two attached hydrogens (primary N) is 1. The van der Waals surface area contributed by atoms with E-state index in [0.29, 0.717) is 11.4 Å². The summed E-state index contributed by atoms with van der Waals surface area (Å²) < 4.78 is 0. The number of carboxylic acids is 1. The molecule has 0 saturated heterocycles. The van der Waals surface area contributed by atoms with E-state index in [1.807, 2.05) is 12.1 Å². The van der Waals surface area contributed by atoms with Crippen molar-refractivity contribution in [3.63, 3.8) is 0 Å². The van der Waals surface area contributed by atoms with E-state index in [0.717, 1.165) is 31.0 Å². The van der Waals surface area contributed by atoms with E-state index in [2.05, 4.69) is 18.7 Å². The highest BCUT2D eigenvalue weighted by Crippen LogP contribution is 2.21. The topological polar surface area (TPSA) is 66.6 Å². The zero-order chi connectivity index (χ0) is 14.3. The average molecular weight is 282 g/mol. The van der Waals surface area contributed by atoms with Crippen molar-refractivity contribution in [1.29, 1.82) is 0 Å². The summed E-state index contributed by atoms with van der Waals surface area (Å²) in [6.45, 7) is 7.43. The molecule has 0 spiro atoms. The van der Waals surface area contributed by atoms with Crippen molar-refractivity contribution < 1.29 is 9.90 Å². The number of anilines is 1. The van der Waals surface area contributed by atoms with Crippen molar-refractivity contribution in [3.8, 4) is 0 Å². The fraction of sp³-hybridized carbons (Fsp3) is 0.500. The molecule has 19 heavy (non-hydrogen) atoms. The van der Waals surface area contributed by atoms with Crippen LogP contribution < -0.4 is 5.73 Å². The highest BCUT2D eigenvalue weighted by Gasteiger charge is 2.13. The molecule has 0 aromatic heterocycles. The number of thioether (sulfide) groups is 1. The van der Waals surface area contributed by atoms with Gasteiger partial charge >= 0.3 is 5.97 Å². The van der Waals surface area contributed by atoms with Gasteiger partial charge in [0.15, 0.2) is 0 Å². The summed E-state index contributed by atoms with van der Waals surface area (Å²) in [5, 5.41) is 9.17. The molecule has 1 rings (SSSR count). The van der Waals surface area contributed by atoms with Crippen LogP contribution in [0.15, 0.2) is 18.2 Å². The number of nitrogen functional groups attached to an aromatic ring is 1. The third-order valence-electron chi connectivity index (χ3n) is 3.10. The summed E-state index contributed by atoms with van der Waals surface area (Å²) in [5.41, 5.74) is 7.11. The molecule has 106 valence electrons. The Morgan fingerprint density at radius 2 is 2.05 bits per heavy atom. The van der Waals surface area contributed by atoms with E-state index < -0.39 is 5.97 Å². The van der Waals surface area contributed by atoms with Gasteiger partial charge in [-0.05, 0) is 24.7 Å². The van der Waals surface area contributed by atoms with E-state index in [9.17, 15) is 4.79 Å². The fourth-order valence-electron chi connectivity index (χ4n) is 1.92. The molecule has 3 N–H and O–H groups in total. The van der Waals surface area contributed by atoms with E-state index in [1.165, 1.54) is 0 Å². The van der Waals surface area contributed by atoms with Crippen LogP contribution in [0.1, 0.15) is 29.8 Å². The van der Waals surface area contributed by atoms with E-state index >= 15 is 0 Å². The molecule has 0 aliphatic carbocycles. The Kier molecular flexibility index (Phi) is 6.73. The Hall–Kier alpha value is -1.20. The van der Waals surface area contributed by atoms with Crippen molar-refractivity contribution in [2.75, 3.05) is 31.1 Å². The highest BCUT2D eigenvalue weighted by molar-refractivity contribution is 7.98. The molecule has 0 aliphatic rings. The van der Waals surface area contributed by atoms with Crippen molar-refractivity contribution in [2.45, 2.75) is 19.6 Å². The first-order chi connectivity index (χ1) is 9.10. The number of nitrogens with zero attached hydrogens (tertiary/aromatic N) is 1. The largest absolute Gasteiger partial charge is 0.478 e. The SMILES string of the molecule is CCN(CC)CCSCc1cccc(N)c1C(=O)O. The maximum absolute atomic E-state index is 11.2. The van der Waals surface area contributed by atoms with Crippen LogP contribution in [-0.4, -0.2) is 41.4 Å². The lowest BCUT2D eigenvalue weighted by atomic mass is 10.1. The summed E-state index contributed by atoms with van der Waals surface area (Å²) in [6, 6.07) is 5.28. The molecule has 1 aromatic carbocycles. The lowest BCUT2D eigenvalue weighted by Gasteiger charge is -2.17. The second kappa shape index (κ2) is 8.07. The first kappa shape index (κ1) is 15.9. The molecule has 4 nitrogen and oxygen atoms in total. The van der Waals surface area contributed by atoms with Gasteiger partial charge in [-0.2, -0.15) is 11.8 Å². The summed E-state index contributed by atoms with van der Waals surface area (Å²) in [7, 11) is 0. The summed E-state index contributed by atoms with van der Waals surface area (Å²) in [5.74, 6) is 0.737. The van der Waals surface area contributed by atoms with Crippen molar-refractivity contribution in [3.05, 3.63) is 29.3 Å². The number of carboxylic acid groups (broad SMARTS) is 1. The predicted octanol–water partition coefficient (Wildman–Crippen LogP) is 2.54. The van der Waals surface area contributed by atoms with Crippen molar-refractivity contribution >= 4 is 23.4 Å². The van der Waals surface area contributed by atoms with Gasteiger partial charge in [-0.3, -0.25) is 0 Å². The Balaban J connectivity index is 2.54. The lowest BCUT2D eigenvalue weighted by molar-refractivity contribution is 0.0697. The predicted molar refractivity (Wildman–Crippen MR) is 81.8 cm³/mol. The smallest absolute Gasteiger partial charge is 0.338 e. The van der Waals surface area contributed by atoms with Crippen LogP contribution in [0.3, 0.4) is 0 Å². The number of rotatable bonds is 8. The maximum atomic E-state index is 11.2. The second-order valence-corrected chi connectivity index (χ2v) is 5.37. The van der Waals surface area contributed by atoms with E-state index in [4.69, 9.17) is 10.8 Å². The fourth-order valence-corrected chi connectivity index (χ4v) is 2.91. The van der Waals surface area contributed by atoms with E-state index in [-0.39, 0.29) is 5.56 Å². The van der Waals surface area contributed by atoms with Crippen LogP contribution in [0.2, 0.25) is 0 Å². The van der Waals surface area contributed by atoms with Crippen molar-refractivity contribution in [2.24, 2.45) is 0 Å². The number of carbonyl (C=O) groups is 1. The quantitative estimate of drug-likeness (QED) is 0.566. The molecule has 0 bridgehead atoms. The third-order valence-corrected chi connectivity index (χ3v) is 4.09.